The number of amides is 1. The average molecular weight is 314 g/mol. The van der Waals surface area contributed by atoms with Crippen molar-refractivity contribution in [3.8, 4) is 0 Å². The highest BCUT2D eigenvalue weighted by molar-refractivity contribution is 5.96. The predicted octanol–water partition coefficient (Wildman–Crippen LogP) is 2.35. The SMILES string of the molecule is CN(CCN1CCCCC1)C(=O)c1cc2ccccc2oc1=O. The Morgan fingerprint density at radius 2 is 1.96 bits per heavy atom. The molecule has 0 spiro atoms. The van der Waals surface area contributed by atoms with Gasteiger partial charge in [-0.15, -0.1) is 0 Å². The van der Waals surface area contributed by atoms with Crippen LogP contribution in [-0.4, -0.2) is 48.9 Å². The van der Waals surface area contributed by atoms with E-state index >= 15 is 0 Å². The van der Waals surface area contributed by atoms with Gasteiger partial charge in [0.1, 0.15) is 11.1 Å². The lowest BCUT2D eigenvalue weighted by Gasteiger charge is -2.28. The second kappa shape index (κ2) is 6.96. The van der Waals surface area contributed by atoms with Gasteiger partial charge in [-0.3, -0.25) is 4.79 Å². The summed E-state index contributed by atoms with van der Waals surface area (Å²) < 4.78 is 5.25. The summed E-state index contributed by atoms with van der Waals surface area (Å²) in [6, 6.07) is 8.85. The van der Waals surface area contributed by atoms with E-state index in [0.717, 1.165) is 25.0 Å². The van der Waals surface area contributed by atoms with Crippen LogP contribution in [0, 0.1) is 0 Å². The smallest absolute Gasteiger partial charge is 0.349 e. The van der Waals surface area contributed by atoms with Crippen LogP contribution in [0.15, 0.2) is 39.5 Å². The number of rotatable bonds is 4. The van der Waals surface area contributed by atoms with Gasteiger partial charge in [-0.25, -0.2) is 4.79 Å². The van der Waals surface area contributed by atoms with Crippen molar-refractivity contribution < 1.29 is 9.21 Å². The van der Waals surface area contributed by atoms with Crippen LogP contribution in [0.3, 0.4) is 0 Å². The molecule has 1 fully saturated rings. The lowest BCUT2D eigenvalue weighted by Crippen LogP contribution is -2.39. The minimum Gasteiger partial charge on any atom is -0.422 e. The van der Waals surface area contributed by atoms with Gasteiger partial charge in [-0.2, -0.15) is 0 Å². The Morgan fingerprint density at radius 1 is 1.22 bits per heavy atom. The van der Waals surface area contributed by atoms with Gasteiger partial charge in [-0.05, 0) is 38.1 Å². The molecule has 0 saturated carbocycles. The molecule has 0 N–H and O–H groups in total. The van der Waals surface area contributed by atoms with Crippen molar-refractivity contribution in [1.29, 1.82) is 0 Å². The Kier molecular flexibility index (Phi) is 4.76. The lowest BCUT2D eigenvalue weighted by molar-refractivity contribution is 0.0769. The largest absolute Gasteiger partial charge is 0.422 e. The molecule has 0 aliphatic carbocycles. The zero-order chi connectivity index (χ0) is 16.2. The summed E-state index contributed by atoms with van der Waals surface area (Å²) in [4.78, 5) is 28.6. The van der Waals surface area contributed by atoms with Crippen molar-refractivity contribution in [3.63, 3.8) is 0 Å². The molecule has 1 aromatic carbocycles. The zero-order valence-electron chi connectivity index (χ0n) is 13.5. The minimum atomic E-state index is -0.571. The molecule has 2 heterocycles. The summed E-state index contributed by atoms with van der Waals surface area (Å²) in [6.07, 6.45) is 3.75. The third kappa shape index (κ3) is 3.62. The molecule has 122 valence electrons. The fourth-order valence-corrected chi connectivity index (χ4v) is 2.99. The van der Waals surface area contributed by atoms with Crippen molar-refractivity contribution >= 4 is 16.9 Å². The summed E-state index contributed by atoms with van der Waals surface area (Å²) in [5, 5.41) is 0.764. The predicted molar refractivity (Wildman–Crippen MR) is 89.7 cm³/mol. The number of likely N-dealkylation sites (N-methyl/N-ethyl adjacent to an activating group) is 1. The average Bonchev–Trinajstić information content (AvgIpc) is 2.59. The maximum Gasteiger partial charge on any atom is 0.349 e. The Bertz CT molecular complexity index is 747. The van der Waals surface area contributed by atoms with E-state index in [0.29, 0.717) is 12.1 Å². The minimum absolute atomic E-state index is 0.102. The van der Waals surface area contributed by atoms with Crippen LogP contribution < -0.4 is 5.63 Å². The van der Waals surface area contributed by atoms with Crippen LogP contribution in [0.1, 0.15) is 29.6 Å². The number of hydrogen-bond donors (Lipinski definition) is 0. The summed E-state index contributed by atoms with van der Waals surface area (Å²) in [5.74, 6) is -0.276. The van der Waals surface area contributed by atoms with Crippen LogP contribution in [0.25, 0.3) is 11.0 Å². The molecule has 0 atom stereocenters. The maximum absolute atomic E-state index is 12.5. The van der Waals surface area contributed by atoms with Crippen LogP contribution in [0.4, 0.5) is 0 Å². The molecular formula is C18H22N2O3. The molecular weight excluding hydrogens is 292 g/mol. The van der Waals surface area contributed by atoms with E-state index in [-0.39, 0.29) is 11.5 Å². The van der Waals surface area contributed by atoms with Crippen molar-refractivity contribution in [2.45, 2.75) is 19.3 Å². The lowest BCUT2D eigenvalue weighted by atomic mass is 10.1. The molecule has 2 aromatic rings. The van der Waals surface area contributed by atoms with Gasteiger partial charge >= 0.3 is 5.63 Å². The number of carbonyl (C=O) groups is 1. The van der Waals surface area contributed by atoms with Gasteiger partial charge in [-0.1, -0.05) is 24.6 Å². The third-order valence-corrected chi connectivity index (χ3v) is 4.42. The first-order chi connectivity index (χ1) is 11.1. The van der Waals surface area contributed by atoms with Gasteiger partial charge < -0.3 is 14.2 Å². The molecule has 1 aromatic heterocycles. The van der Waals surface area contributed by atoms with Crippen molar-refractivity contribution in [2.24, 2.45) is 0 Å². The number of fused-ring (bicyclic) bond motifs is 1. The molecule has 1 aliphatic heterocycles. The third-order valence-electron chi connectivity index (χ3n) is 4.42. The summed E-state index contributed by atoms with van der Waals surface area (Å²) in [6.45, 7) is 3.66. The van der Waals surface area contributed by atoms with E-state index in [1.807, 2.05) is 12.1 Å². The summed E-state index contributed by atoms with van der Waals surface area (Å²) in [5.41, 5.74) is 0.0355. The van der Waals surface area contributed by atoms with Crippen molar-refractivity contribution in [1.82, 2.24) is 9.80 Å². The monoisotopic (exact) mass is 314 g/mol. The Labute approximate surface area is 135 Å². The molecule has 1 amide bonds. The number of benzene rings is 1. The Balaban J connectivity index is 1.71. The van der Waals surface area contributed by atoms with Gasteiger partial charge in [0.05, 0.1) is 0 Å². The van der Waals surface area contributed by atoms with E-state index in [2.05, 4.69) is 4.90 Å². The standard InChI is InChI=1S/C18H22N2O3/c1-19(11-12-20-9-5-2-6-10-20)17(21)15-13-14-7-3-4-8-16(14)23-18(15)22/h3-4,7-8,13H,2,5-6,9-12H2,1H3. The number of nitrogens with zero attached hydrogens (tertiary/aromatic N) is 2. The van der Waals surface area contributed by atoms with Gasteiger partial charge in [0.25, 0.3) is 5.91 Å². The van der Waals surface area contributed by atoms with Crippen LogP contribution in [0.5, 0.6) is 0 Å². The second-order valence-corrected chi connectivity index (χ2v) is 6.11. The molecule has 1 saturated heterocycles. The van der Waals surface area contributed by atoms with E-state index in [1.54, 1.807) is 30.1 Å². The molecule has 5 nitrogen and oxygen atoms in total. The fourth-order valence-electron chi connectivity index (χ4n) is 2.99. The molecule has 0 radical (unpaired) electrons. The maximum atomic E-state index is 12.5. The normalized spacial score (nSPS) is 15.7. The van der Waals surface area contributed by atoms with Crippen molar-refractivity contribution in [2.75, 3.05) is 33.2 Å². The highest BCUT2D eigenvalue weighted by atomic mass is 16.4. The van der Waals surface area contributed by atoms with E-state index < -0.39 is 5.63 Å². The molecule has 3 rings (SSSR count). The Morgan fingerprint density at radius 3 is 2.74 bits per heavy atom. The van der Waals surface area contributed by atoms with E-state index in [1.165, 1.54) is 19.3 Å². The highest BCUT2D eigenvalue weighted by Gasteiger charge is 2.19. The van der Waals surface area contributed by atoms with Gasteiger partial charge in [0.15, 0.2) is 0 Å². The quantitative estimate of drug-likeness (QED) is 0.813. The molecule has 5 heteroatoms. The number of likely N-dealkylation sites (tertiary alicyclic amines) is 1. The number of piperidine rings is 1. The molecule has 1 aliphatic rings. The van der Waals surface area contributed by atoms with Gasteiger partial charge in [0.2, 0.25) is 0 Å². The molecule has 23 heavy (non-hydrogen) atoms. The zero-order valence-corrected chi connectivity index (χ0v) is 13.5. The number of para-hydroxylation sites is 1. The fraction of sp³-hybridized carbons (Fsp3) is 0.444. The second-order valence-electron chi connectivity index (χ2n) is 6.11. The van der Waals surface area contributed by atoms with Crippen LogP contribution in [-0.2, 0) is 0 Å². The summed E-state index contributed by atoms with van der Waals surface area (Å²) >= 11 is 0. The van der Waals surface area contributed by atoms with Gasteiger partial charge in [0, 0.05) is 25.5 Å². The summed E-state index contributed by atoms with van der Waals surface area (Å²) in [7, 11) is 1.74. The van der Waals surface area contributed by atoms with E-state index in [4.69, 9.17) is 4.42 Å². The first-order valence-electron chi connectivity index (χ1n) is 8.16. The van der Waals surface area contributed by atoms with Crippen molar-refractivity contribution in [3.05, 3.63) is 46.3 Å². The van der Waals surface area contributed by atoms with Crippen LogP contribution >= 0.6 is 0 Å². The van der Waals surface area contributed by atoms with E-state index in [9.17, 15) is 9.59 Å². The van der Waals surface area contributed by atoms with Crippen LogP contribution in [0.2, 0.25) is 0 Å². The number of hydrogen-bond acceptors (Lipinski definition) is 4. The first kappa shape index (κ1) is 15.7. The highest BCUT2D eigenvalue weighted by Crippen LogP contribution is 2.14. The first-order valence-corrected chi connectivity index (χ1v) is 8.16. The Hall–Kier alpha value is -2.14. The molecule has 0 unspecified atom stereocenters. The number of carbonyl (C=O) groups excluding carboxylic acids is 1. The topological polar surface area (TPSA) is 53.8 Å². The molecule has 0 bridgehead atoms.